The zero-order valence-electron chi connectivity index (χ0n) is 7.09. The van der Waals surface area contributed by atoms with Gasteiger partial charge in [-0.3, -0.25) is 4.68 Å². The average molecular weight is 186 g/mol. The first-order valence-electron chi connectivity index (χ1n) is 3.34. The van der Waals surface area contributed by atoms with Crippen molar-refractivity contribution >= 4 is 11.7 Å². The summed E-state index contributed by atoms with van der Waals surface area (Å²) in [7, 11) is 2.66. The van der Waals surface area contributed by atoms with Crippen molar-refractivity contribution < 1.29 is 19.7 Å². The lowest BCUT2D eigenvalue weighted by atomic mass is 10.4. The van der Waals surface area contributed by atoms with Crippen LogP contribution in [0.3, 0.4) is 0 Å². The second-order valence-electron chi connectivity index (χ2n) is 2.28. The van der Waals surface area contributed by atoms with Gasteiger partial charge < -0.3 is 5.11 Å². The minimum atomic E-state index is -1.27. The number of nitrogens with zero attached hydrogens (tertiary/aromatic N) is 3. The van der Waals surface area contributed by atoms with Crippen molar-refractivity contribution in [2.45, 2.75) is 0 Å². The maximum absolute atomic E-state index is 10.9. The molecule has 0 amide bonds. The summed E-state index contributed by atoms with van der Waals surface area (Å²) in [6.45, 7) is 0. The second kappa shape index (κ2) is 3.21. The van der Waals surface area contributed by atoms with Crippen molar-refractivity contribution in [2.24, 2.45) is 7.05 Å². The van der Waals surface area contributed by atoms with Crippen molar-refractivity contribution in [3.63, 3.8) is 0 Å². The van der Waals surface area contributed by atoms with Crippen LogP contribution in [0.4, 0.5) is 5.69 Å². The molecule has 1 aromatic rings. The molecular formula is C6H8N3O4+. The number of rotatable bonds is 3. The van der Waals surface area contributed by atoms with Gasteiger partial charge in [-0.15, -0.1) is 0 Å². The molecule has 1 rings (SSSR count). The van der Waals surface area contributed by atoms with Gasteiger partial charge in [0.25, 0.3) is 10.6 Å². The molecule has 13 heavy (non-hydrogen) atoms. The van der Waals surface area contributed by atoms with E-state index in [-0.39, 0.29) is 16.3 Å². The van der Waals surface area contributed by atoms with E-state index < -0.39 is 5.97 Å². The Labute approximate surface area is 73.1 Å². The first-order chi connectivity index (χ1) is 6.06. The summed E-state index contributed by atoms with van der Waals surface area (Å²) in [4.78, 5) is 25.9. The van der Waals surface area contributed by atoms with Crippen LogP contribution in [0.5, 0.6) is 0 Å². The molecule has 0 aromatic carbocycles. The Morgan fingerprint density at radius 1 is 1.77 bits per heavy atom. The highest BCUT2D eigenvalue weighted by molar-refractivity contribution is 5.89. The van der Waals surface area contributed by atoms with E-state index in [1.807, 2.05) is 0 Å². The van der Waals surface area contributed by atoms with E-state index in [2.05, 4.69) is 9.94 Å². The van der Waals surface area contributed by atoms with Gasteiger partial charge in [-0.1, -0.05) is 0 Å². The lowest BCUT2D eigenvalue weighted by molar-refractivity contribution is -0.736. The molecule has 0 radical (unpaired) electrons. The fraction of sp³-hybridized carbons (Fsp3) is 0.333. The molecule has 0 spiro atoms. The third-order valence-corrected chi connectivity index (χ3v) is 1.37. The minimum absolute atomic E-state index is 0.0937. The van der Waals surface area contributed by atoms with Crippen LogP contribution >= 0.6 is 0 Å². The zero-order chi connectivity index (χ0) is 10.0. The molecule has 0 saturated heterocycles. The zero-order valence-corrected chi connectivity index (χ0v) is 7.09. The molecule has 0 aliphatic heterocycles. The number of hydrogen-bond donors (Lipinski definition) is 1. The van der Waals surface area contributed by atoms with Gasteiger partial charge >= 0.3 is 11.7 Å². The van der Waals surface area contributed by atoms with E-state index in [1.54, 1.807) is 0 Å². The third-order valence-electron chi connectivity index (χ3n) is 1.37. The van der Waals surface area contributed by atoms with Gasteiger partial charge in [0.05, 0.1) is 4.91 Å². The molecule has 1 heterocycles. The van der Waals surface area contributed by atoms with E-state index in [4.69, 9.17) is 5.11 Å². The molecule has 0 aliphatic carbocycles. The number of carbonyl (C=O) groups is 1. The van der Waals surface area contributed by atoms with E-state index in [9.17, 15) is 9.70 Å². The van der Waals surface area contributed by atoms with Crippen molar-refractivity contribution in [3.8, 4) is 0 Å². The van der Waals surface area contributed by atoms with Gasteiger partial charge in [0, 0.05) is 7.05 Å². The normalized spacial score (nSPS) is 9.69. The molecule has 0 saturated carbocycles. The molecule has 0 aliphatic rings. The monoisotopic (exact) mass is 186 g/mol. The Kier molecular flexibility index (Phi) is 2.27. The van der Waals surface area contributed by atoms with Crippen LogP contribution in [-0.2, 0) is 11.9 Å². The largest absolute Gasteiger partial charge is 0.476 e. The molecular weight excluding hydrogens is 178 g/mol. The highest BCUT2D eigenvalue weighted by Gasteiger charge is 2.29. The SMILES string of the molecule is CO[N+](=O)c1cn(C)nc1C(=O)O. The molecule has 1 N–H and O–H groups in total. The van der Waals surface area contributed by atoms with Crippen LogP contribution in [0.2, 0.25) is 0 Å². The van der Waals surface area contributed by atoms with E-state index in [0.29, 0.717) is 0 Å². The Balaban J connectivity index is 3.19. The van der Waals surface area contributed by atoms with Crippen LogP contribution in [0.1, 0.15) is 10.5 Å². The fourth-order valence-electron chi connectivity index (χ4n) is 0.860. The van der Waals surface area contributed by atoms with Gasteiger partial charge in [0.2, 0.25) is 0 Å². The highest BCUT2D eigenvalue weighted by Crippen LogP contribution is 2.16. The van der Waals surface area contributed by atoms with Gasteiger partial charge in [0.1, 0.15) is 6.20 Å². The predicted octanol–water partition coefficient (Wildman–Crippen LogP) is 0.0901. The van der Waals surface area contributed by atoms with Crippen LogP contribution in [-0.4, -0.2) is 32.9 Å². The number of aromatic nitrogens is 2. The van der Waals surface area contributed by atoms with E-state index in [0.717, 1.165) is 7.11 Å². The number of hydrogen-bond acceptors (Lipinski definition) is 4. The molecule has 1 aromatic heterocycles. The van der Waals surface area contributed by atoms with Crippen molar-refractivity contribution in [2.75, 3.05) is 7.11 Å². The first-order valence-corrected chi connectivity index (χ1v) is 3.34. The standard InChI is InChI=1S/C6H7N3O4/c1-8-3-4(9(12)13-2)5(7-8)6(10)11/h3H,1-2H3/p+1. The second-order valence-corrected chi connectivity index (χ2v) is 2.28. The van der Waals surface area contributed by atoms with E-state index >= 15 is 0 Å². The van der Waals surface area contributed by atoms with Crippen LogP contribution in [0, 0.1) is 4.91 Å². The van der Waals surface area contributed by atoms with Crippen molar-refractivity contribution in [1.29, 1.82) is 0 Å². The number of carboxylic acid groups (broad SMARTS) is 1. The molecule has 7 heteroatoms. The smallest absolute Gasteiger partial charge is 0.369 e. The number of aromatic carboxylic acids is 1. The summed E-state index contributed by atoms with van der Waals surface area (Å²) >= 11 is 0. The molecule has 0 fully saturated rings. The summed E-state index contributed by atoms with van der Waals surface area (Å²) in [5.41, 5.74) is -0.461. The van der Waals surface area contributed by atoms with Crippen molar-refractivity contribution in [3.05, 3.63) is 16.8 Å². The number of carboxylic acids is 1. The highest BCUT2D eigenvalue weighted by atomic mass is 16.8. The minimum Gasteiger partial charge on any atom is -0.476 e. The quantitative estimate of drug-likeness (QED) is 0.676. The fourth-order valence-corrected chi connectivity index (χ4v) is 0.860. The summed E-state index contributed by atoms with van der Waals surface area (Å²) in [5, 5.41) is 12.2. The summed E-state index contributed by atoms with van der Waals surface area (Å²) in [6.07, 6.45) is 1.26. The van der Waals surface area contributed by atoms with E-state index in [1.165, 1.54) is 17.9 Å². The topological polar surface area (TPSA) is 84.4 Å². The molecule has 70 valence electrons. The predicted molar refractivity (Wildman–Crippen MR) is 40.5 cm³/mol. The maximum Gasteiger partial charge on any atom is 0.369 e. The summed E-state index contributed by atoms with van der Waals surface area (Å²) < 4.78 is 1.22. The molecule has 0 atom stereocenters. The Bertz CT molecular complexity index is 357. The molecule has 0 bridgehead atoms. The third kappa shape index (κ3) is 1.63. The van der Waals surface area contributed by atoms with Gasteiger partial charge in [0.15, 0.2) is 7.11 Å². The summed E-state index contributed by atoms with van der Waals surface area (Å²) in [6, 6.07) is 0. The first kappa shape index (κ1) is 9.17. The summed E-state index contributed by atoms with van der Waals surface area (Å²) in [5.74, 6) is -1.27. The molecule has 0 unspecified atom stereocenters. The number of aryl methyl sites for hydroxylation is 1. The lowest BCUT2D eigenvalue weighted by Crippen LogP contribution is -2.05. The maximum atomic E-state index is 10.9. The Morgan fingerprint density at radius 3 is 2.85 bits per heavy atom. The van der Waals surface area contributed by atoms with Crippen LogP contribution < -0.4 is 0 Å². The van der Waals surface area contributed by atoms with Gasteiger partial charge in [-0.25, -0.2) is 9.63 Å². The average Bonchev–Trinajstić information content (AvgIpc) is 2.46. The van der Waals surface area contributed by atoms with Gasteiger partial charge in [-0.2, -0.15) is 5.10 Å². The van der Waals surface area contributed by atoms with Crippen LogP contribution in [0.25, 0.3) is 0 Å². The Morgan fingerprint density at radius 2 is 2.38 bits per heavy atom. The van der Waals surface area contributed by atoms with Crippen molar-refractivity contribution in [1.82, 2.24) is 9.78 Å². The molecule has 7 nitrogen and oxygen atoms in total. The van der Waals surface area contributed by atoms with Crippen LogP contribution in [0.15, 0.2) is 6.20 Å². The lowest BCUT2D eigenvalue weighted by Gasteiger charge is -1.84. The Hall–Kier alpha value is -1.92. The van der Waals surface area contributed by atoms with Gasteiger partial charge in [-0.05, 0) is 0 Å².